The molecule has 1 saturated heterocycles. The average Bonchev–Trinajstić information content (AvgIpc) is 3.35. The van der Waals surface area contributed by atoms with Crippen LogP contribution in [0.4, 0.5) is 5.69 Å². The number of carbonyl (C=O) groups excluding carboxylic acids is 1. The Bertz CT molecular complexity index is 2180. The van der Waals surface area contributed by atoms with Crippen molar-refractivity contribution in [2.75, 3.05) is 51.7 Å². The highest BCUT2D eigenvalue weighted by Gasteiger charge is 2.21. The van der Waals surface area contributed by atoms with Gasteiger partial charge in [0.25, 0.3) is 0 Å². The maximum absolute atomic E-state index is 13.3. The Morgan fingerprint density at radius 3 is 2.33 bits per heavy atom. The summed E-state index contributed by atoms with van der Waals surface area (Å²) < 4.78 is 26.5. The predicted molar refractivity (Wildman–Crippen MR) is 194 cm³/mol. The van der Waals surface area contributed by atoms with Crippen molar-refractivity contribution in [2.24, 2.45) is 0 Å². The zero-order valence-corrected chi connectivity index (χ0v) is 28.1. The molecule has 244 valence electrons. The van der Waals surface area contributed by atoms with Crippen molar-refractivity contribution >= 4 is 43.4 Å². The van der Waals surface area contributed by atoms with Crippen LogP contribution in [-0.4, -0.2) is 80.9 Å². The number of benzene rings is 4. The Balaban J connectivity index is 1.25. The van der Waals surface area contributed by atoms with Gasteiger partial charge in [-0.2, -0.15) is 0 Å². The molecule has 48 heavy (non-hydrogen) atoms. The molecule has 0 spiro atoms. The quantitative estimate of drug-likeness (QED) is 0.198. The van der Waals surface area contributed by atoms with Crippen LogP contribution in [-0.2, 0) is 20.4 Å². The van der Waals surface area contributed by atoms with Gasteiger partial charge >= 0.3 is 0 Å². The van der Waals surface area contributed by atoms with E-state index in [0.717, 1.165) is 82.5 Å². The molecule has 0 bridgehead atoms. The first kappa shape index (κ1) is 31.8. The molecule has 7 rings (SSSR count). The summed E-state index contributed by atoms with van der Waals surface area (Å²) in [4.78, 5) is 28.2. The Kier molecular flexibility index (Phi) is 8.83. The SMILES string of the molecule is CN1CCCN(CC(=O)N(C)c2ccc(-c3cnc4[nH]c5ccc(CS(=O)(=O)c6ccccc6)cc5c4c3-c3ccccc3)cc2)CC1. The highest BCUT2D eigenvalue weighted by molar-refractivity contribution is 7.90. The third-order valence-corrected chi connectivity index (χ3v) is 11.0. The zero-order chi connectivity index (χ0) is 33.3. The van der Waals surface area contributed by atoms with Gasteiger partial charge in [-0.25, -0.2) is 13.4 Å². The fourth-order valence-corrected chi connectivity index (χ4v) is 7.97. The monoisotopic (exact) mass is 657 g/mol. The van der Waals surface area contributed by atoms with Gasteiger partial charge in [0.2, 0.25) is 5.91 Å². The van der Waals surface area contributed by atoms with Crippen molar-refractivity contribution in [3.63, 3.8) is 0 Å². The normalized spacial score (nSPS) is 14.7. The summed E-state index contributed by atoms with van der Waals surface area (Å²) in [5.74, 6) is -0.0279. The van der Waals surface area contributed by atoms with Crippen LogP contribution < -0.4 is 4.90 Å². The number of hydrogen-bond donors (Lipinski definition) is 1. The van der Waals surface area contributed by atoms with E-state index in [2.05, 4.69) is 34.0 Å². The van der Waals surface area contributed by atoms with Gasteiger partial charge < -0.3 is 14.8 Å². The predicted octanol–water partition coefficient (Wildman–Crippen LogP) is 6.62. The lowest BCUT2D eigenvalue weighted by Gasteiger charge is -2.24. The van der Waals surface area contributed by atoms with Crippen molar-refractivity contribution in [1.29, 1.82) is 0 Å². The van der Waals surface area contributed by atoms with E-state index in [0.29, 0.717) is 17.0 Å². The van der Waals surface area contributed by atoms with Gasteiger partial charge in [-0.05, 0) is 79.6 Å². The molecule has 2 aromatic heterocycles. The van der Waals surface area contributed by atoms with E-state index in [9.17, 15) is 13.2 Å². The molecule has 0 atom stereocenters. The maximum atomic E-state index is 13.3. The highest BCUT2D eigenvalue weighted by Crippen LogP contribution is 2.41. The van der Waals surface area contributed by atoms with E-state index in [-0.39, 0.29) is 11.7 Å². The first-order chi connectivity index (χ1) is 23.3. The fraction of sp³-hybridized carbons (Fsp3) is 0.231. The van der Waals surface area contributed by atoms with Crippen molar-refractivity contribution in [3.8, 4) is 22.3 Å². The van der Waals surface area contributed by atoms with Gasteiger partial charge in [0, 0.05) is 59.4 Å². The number of amides is 1. The number of sulfone groups is 1. The molecule has 1 aliphatic rings. The number of pyridine rings is 1. The lowest BCUT2D eigenvalue weighted by atomic mass is 9.92. The first-order valence-electron chi connectivity index (χ1n) is 16.3. The number of H-pyrrole nitrogens is 1. The van der Waals surface area contributed by atoms with Gasteiger partial charge in [0.05, 0.1) is 17.2 Å². The number of likely N-dealkylation sites (N-methyl/N-ethyl adjacent to an activating group) is 2. The number of nitrogens with zero attached hydrogens (tertiary/aromatic N) is 4. The Morgan fingerprint density at radius 1 is 0.854 bits per heavy atom. The largest absolute Gasteiger partial charge is 0.339 e. The molecule has 8 nitrogen and oxygen atoms in total. The van der Waals surface area contributed by atoms with Crippen LogP contribution in [0.1, 0.15) is 12.0 Å². The lowest BCUT2D eigenvalue weighted by molar-refractivity contribution is -0.119. The highest BCUT2D eigenvalue weighted by atomic mass is 32.2. The number of anilines is 1. The molecule has 4 aromatic carbocycles. The van der Waals surface area contributed by atoms with Crippen molar-refractivity contribution < 1.29 is 13.2 Å². The molecule has 1 N–H and O–H groups in total. The minimum Gasteiger partial charge on any atom is -0.339 e. The third kappa shape index (κ3) is 6.49. The van der Waals surface area contributed by atoms with Crippen molar-refractivity contribution in [1.82, 2.24) is 19.8 Å². The second kappa shape index (κ2) is 13.4. The molecular weight excluding hydrogens is 619 g/mol. The number of aromatic nitrogens is 2. The summed E-state index contributed by atoms with van der Waals surface area (Å²) in [7, 11) is 0.449. The number of hydrogen-bond acceptors (Lipinski definition) is 6. The summed E-state index contributed by atoms with van der Waals surface area (Å²) in [5.41, 5.74) is 7.13. The van der Waals surface area contributed by atoms with Crippen LogP contribution in [0.5, 0.6) is 0 Å². The Hall–Kier alpha value is -4.83. The third-order valence-electron chi connectivity index (χ3n) is 9.32. The minimum absolute atomic E-state index is 0.0734. The van der Waals surface area contributed by atoms with Gasteiger partial charge in [-0.3, -0.25) is 9.69 Å². The average molecular weight is 658 g/mol. The van der Waals surface area contributed by atoms with E-state index in [4.69, 9.17) is 4.98 Å². The zero-order valence-electron chi connectivity index (χ0n) is 27.3. The fourth-order valence-electron chi connectivity index (χ4n) is 6.61. The van der Waals surface area contributed by atoms with Gasteiger partial charge in [0.15, 0.2) is 9.84 Å². The van der Waals surface area contributed by atoms with E-state index in [1.165, 1.54) is 0 Å². The number of rotatable bonds is 8. The minimum atomic E-state index is -3.52. The molecular formula is C39H39N5O3S. The topological polar surface area (TPSA) is 89.6 Å². The molecule has 6 aromatic rings. The second-order valence-corrected chi connectivity index (χ2v) is 14.6. The summed E-state index contributed by atoms with van der Waals surface area (Å²) in [6, 6.07) is 32.6. The molecule has 1 aliphatic heterocycles. The van der Waals surface area contributed by atoms with Gasteiger partial charge in [-0.15, -0.1) is 0 Å². The van der Waals surface area contributed by atoms with Crippen LogP contribution in [0, 0.1) is 0 Å². The van der Waals surface area contributed by atoms with Crippen LogP contribution in [0.15, 0.2) is 114 Å². The number of nitrogens with one attached hydrogen (secondary N) is 1. The lowest BCUT2D eigenvalue weighted by Crippen LogP contribution is -2.40. The maximum Gasteiger partial charge on any atom is 0.240 e. The molecule has 0 unspecified atom stereocenters. The number of aromatic amines is 1. The van der Waals surface area contributed by atoms with Crippen molar-refractivity contribution in [2.45, 2.75) is 17.1 Å². The molecule has 0 saturated carbocycles. The first-order valence-corrected chi connectivity index (χ1v) is 18.0. The van der Waals surface area contributed by atoms with E-state index >= 15 is 0 Å². The Labute approximate surface area is 281 Å². The second-order valence-electron chi connectivity index (χ2n) is 12.6. The molecule has 9 heteroatoms. The van der Waals surface area contributed by atoms with Gasteiger partial charge in [0.1, 0.15) is 5.65 Å². The molecule has 0 radical (unpaired) electrons. The number of carbonyl (C=O) groups is 1. The standard InChI is InChI=1S/C39H39N5O3S/c1-42-20-9-21-44(23-22-42)26-36(45)43(2)31-17-15-29(16-18-31)34-25-40-39-38(37(34)30-10-5-3-6-11-30)33-24-28(14-19-35(33)41-39)27-48(46,47)32-12-7-4-8-13-32/h3-8,10-19,24-25H,9,20-23,26-27H2,1-2H3,(H,40,41). The van der Waals surface area contributed by atoms with Crippen molar-refractivity contribution in [3.05, 3.63) is 115 Å². The molecule has 1 amide bonds. The van der Waals surface area contributed by atoms with E-state index in [1.807, 2.05) is 80.0 Å². The van der Waals surface area contributed by atoms with Gasteiger partial charge in [-0.1, -0.05) is 66.7 Å². The smallest absolute Gasteiger partial charge is 0.240 e. The summed E-state index contributed by atoms with van der Waals surface area (Å²) >= 11 is 0. The summed E-state index contributed by atoms with van der Waals surface area (Å²) in [5, 5.41) is 1.85. The van der Waals surface area contributed by atoms with Crippen LogP contribution in [0.25, 0.3) is 44.2 Å². The summed E-state index contributed by atoms with van der Waals surface area (Å²) in [6.07, 6.45) is 2.95. The summed E-state index contributed by atoms with van der Waals surface area (Å²) in [6.45, 7) is 4.26. The molecule has 1 fully saturated rings. The van der Waals surface area contributed by atoms with Crippen LogP contribution >= 0.6 is 0 Å². The number of fused-ring (bicyclic) bond motifs is 3. The molecule has 3 heterocycles. The Morgan fingerprint density at radius 2 is 1.58 bits per heavy atom. The van der Waals surface area contributed by atoms with Crippen LogP contribution in [0.2, 0.25) is 0 Å². The van der Waals surface area contributed by atoms with Crippen LogP contribution in [0.3, 0.4) is 0 Å². The van der Waals surface area contributed by atoms with E-state index in [1.54, 1.807) is 29.2 Å². The molecule has 0 aliphatic carbocycles. The van der Waals surface area contributed by atoms with E-state index < -0.39 is 9.84 Å².